The van der Waals surface area contributed by atoms with E-state index in [0.29, 0.717) is 16.9 Å². The van der Waals surface area contributed by atoms with Crippen LogP contribution in [0.15, 0.2) is 59.8 Å². The van der Waals surface area contributed by atoms with Crippen LogP contribution in [0.3, 0.4) is 0 Å². The molecule has 4 rings (SSSR count). The second kappa shape index (κ2) is 9.43. The van der Waals surface area contributed by atoms with Gasteiger partial charge in [-0.05, 0) is 43.0 Å². The smallest absolute Gasteiger partial charge is 0.230 e. The Hall–Kier alpha value is -2.67. The quantitative estimate of drug-likeness (QED) is 0.574. The Kier molecular flexibility index (Phi) is 6.47. The molecule has 0 radical (unpaired) electrons. The predicted octanol–water partition coefficient (Wildman–Crippen LogP) is 4.86. The van der Waals surface area contributed by atoms with Crippen molar-refractivity contribution in [3.05, 3.63) is 60.4 Å². The highest BCUT2D eigenvalue weighted by molar-refractivity contribution is 7.99. The van der Waals surface area contributed by atoms with Crippen molar-refractivity contribution in [3.63, 3.8) is 0 Å². The van der Waals surface area contributed by atoms with Crippen molar-refractivity contribution in [2.24, 2.45) is 5.92 Å². The molecule has 1 aliphatic carbocycles. The minimum Gasteiger partial charge on any atom is -0.352 e. The molecule has 1 amide bonds. The molecule has 1 aliphatic rings. The first-order chi connectivity index (χ1) is 14.6. The number of nitrogens with zero attached hydrogens (tertiary/aromatic N) is 3. The summed E-state index contributed by atoms with van der Waals surface area (Å²) < 4.78 is 15.3. The van der Waals surface area contributed by atoms with E-state index in [-0.39, 0.29) is 23.5 Å². The van der Waals surface area contributed by atoms with Crippen LogP contribution in [-0.2, 0) is 4.79 Å². The third-order valence-electron chi connectivity index (χ3n) is 5.54. The molecule has 0 bridgehead atoms. The van der Waals surface area contributed by atoms with Gasteiger partial charge < -0.3 is 5.32 Å². The van der Waals surface area contributed by atoms with Gasteiger partial charge in [0.25, 0.3) is 0 Å². The fraction of sp³-hybridized carbons (Fsp3) is 0.348. The van der Waals surface area contributed by atoms with Gasteiger partial charge in [-0.3, -0.25) is 9.36 Å². The SMILES string of the molecule is C[C@H]1CCCC[C@@H]1NC(=O)CSc1nnc(-c2ccccc2)n1-c1ccc(F)cc1. The molecular weight excluding hydrogens is 399 g/mol. The molecule has 1 saturated carbocycles. The highest BCUT2D eigenvalue weighted by Crippen LogP contribution is 2.28. The largest absolute Gasteiger partial charge is 0.352 e. The first-order valence-electron chi connectivity index (χ1n) is 10.3. The third-order valence-corrected chi connectivity index (χ3v) is 6.47. The number of rotatable bonds is 6. The lowest BCUT2D eigenvalue weighted by atomic mass is 9.86. The van der Waals surface area contributed by atoms with Gasteiger partial charge in [0.15, 0.2) is 11.0 Å². The molecule has 156 valence electrons. The van der Waals surface area contributed by atoms with Crippen molar-refractivity contribution in [1.82, 2.24) is 20.1 Å². The molecule has 0 saturated heterocycles. The van der Waals surface area contributed by atoms with Crippen LogP contribution in [0.25, 0.3) is 17.1 Å². The minimum atomic E-state index is -0.303. The number of thioether (sulfide) groups is 1. The molecule has 2 atom stereocenters. The Bertz CT molecular complexity index is 990. The summed E-state index contributed by atoms with van der Waals surface area (Å²) in [6.07, 6.45) is 4.62. The summed E-state index contributed by atoms with van der Waals surface area (Å²) in [4.78, 5) is 12.6. The van der Waals surface area contributed by atoms with E-state index in [1.54, 1.807) is 12.1 Å². The summed E-state index contributed by atoms with van der Waals surface area (Å²) in [5.41, 5.74) is 1.66. The fourth-order valence-corrected chi connectivity index (χ4v) is 4.63. The van der Waals surface area contributed by atoms with Gasteiger partial charge in [-0.2, -0.15) is 0 Å². The van der Waals surface area contributed by atoms with Crippen molar-refractivity contribution < 1.29 is 9.18 Å². The number of benzene rings is 2. The van der Waals surface area contributed by atoms with E-state index in [1.165, 1.54) is 36.7 Å². The fourth-order valence-electron chi connectivity index (χ4n) is 3.87. The molecule has 1 heterocycles. The van der Waals surface area contributed by atoms with Gasteiger partial charge in [0, 0.05) is 17.3 Å². The van der Waals surface area contributed by atoms with E-state index >= 15 is 0 Å². The summed E-state index contributed by atoms with van der Waals surface area (Å²) in [5, 5.41) is 12.5. The first kappa shape index (κ1) is 20.6. The van der Waals surface area contributed by atoms with Crippen LogP contribution in [0.5, 0.6) is 0 Å². The second-order valence-corrected chi connectivity index (χ2v) is 8.65. The predicted molar refractivity (Wildman–Crippen MR) is 117 cm³/mol. The van der Waals surface area contributed by atoms with Crippen molar-refractivity contribution in [2.45, 2.75) is 43.8 Å². The average molecular weight is 425 g/mol. The van der Waals surface area contributed by atoms with Gasteiger partial charge in [0.1, 0.15) is 5.82 Å². The van der Waals surface area contributed by atoms with Crippen molar-refractivity contribution in [1.29, 1.82) is 0 Å². The summed E-state index contributed by atoms with van der Waals surface area (Å²) in [6, 6.07) is 16.2. The number of carbonyl (C=O) groups is 1. The minimum absolute atomic E-state index is 0.00803. The molecule has 5 nitrogen and oxygen atoms in total. The van der Waals surface area contributed by atoms with Crippen molar-refractivity contribution in [3.8, 4) is 17.1 Å². The molecule has 0 spiro atoms. The topological polar surface area (TPSA) is 59.8 Å². The maximum Gasteiger partial charge on any atom is 0.230 e. The van der Waals surface area contributed by atoms with Crippen LogP contribution in [-0.4, -0.2) is 32.5 Å². The maximum atomic E-state index is 13.5. The molecule has 7 heteroatoms. The van der Waals surface area contributed by atoms with E-state index in [4.69, 9.17) is 0 Å². The highest BCUT2D eigenvalue weighted by atomic mass is 32.2. The van der Waals surface area contributed by atoms with Crippen molar-refractivity contribution in [2.75, 3.05) is 5.75 Å². The van der Waals surface area contributed by atoms with E-state index in [2.05, 4.69) is 22.4 Å². The van der Waals surface area contributed by atoms with Gasteiger partial charge in [0.2, 0.25) is 5.91 Å². The lowest BCUT2D eigenvalue weighted by Gasteiger charge is -2.29. The molecule has 0 unspecified atom stereocenters. The van der Waals surface area contributed by atoms with Crippen LogP contribution in [0.4, 0.5) is 4.39 Å². The molecular formula is C23H25FN4OS. The van der Waals surface area contributed by atoms with Gasteiger partial charge in [0.05, 0.1) is 5.75 Å². The Morgan fingerprint density at radius 3 is 2.57 bits per heavy atom. The summed E-state index contributed by atoms with van der Waals surface area (Å²) in [7, 11) is 0. The van der Waals surface area contributed by atoms with E-state index in [1.807, 2.05) is 34.9 Å². The van der Waals surface area contributed by atoms with Gasteiger partial charge in [-0.15, -0.1) is 10.2 Å². The highest BCUT2D eigenvalue weighted by Gasteiger charge is 2.23. The number of carbonyl (C=O) groups excluding carboxylic acids is 1. The van der Waals surface area contributed by atoms with Crippen LogP contribution < -0.4 is 5.32 Å². The number of nitrogens with one attached hydrogen (secondary N) is 1. The lowest BCUT2D eigenvalue weighted by molar-refractivity contribution is -0.119. The number of aromatic nitrogens is 3. The van der Waals surface area contributed by atoms with Gasteiger partial charge in [-0.25, -0.2) is 4.39 Å². The van der Waals surface area contributed by atoms with Crippen LogP contribution >= 0.6 is 11.8 Å². The standard InChI is InChI=1S/C23H25FN4OS/c1-16-7-5-6-10-20(16)25-21(29)15-30-23-27-26-22(17-8-3-2-4-9-17)28(23)19-13-11-18(24)12-14-19/h2-4,8-9,11-14,16,20H,5-7,10,15H2,1H3,(H,25,29)/t16-,20-/m0/s1. The molecule has 1 fully saturated rings. The zero-order valence-electron chi connectivity index (χ0n) is 16.9. The molecule has 1 aromatic heterocycles. The molecule has 2 aromatic carbocycles. The summed E-state index contributed by atoms with van der Waals surface area (Å²) >= 11 is 1.34. The lowest BCUT2D eigenvalue weighted by Crippen LogP contribution is -2.41. The molecule has 0 aliphatic heterocycles. The summed E-state index contributed by atoms with van der Waals surface area (Å²) in [5.74, 6) is 1.14. The number of amides is 1. The number of hydrogen-bond donors (Lipinski definition) is 1. The molecule has 3 aromatic rings. The van der Waals surface area contributed by atoms with Gasteiger partial charge in [-0.1, -0.05) is 61.9 Å². The zero-order chi connectivity index (χ0) is 20.9. The third kappa shape index (κ3) is 4.73. The molecule has 1 N–H and O–H groups in total. The Balaban J connectivity index is 1.55. The number of halogens is 1. The van der Waals surface area contributed by atoms with E-state index in [9.17, 15) is 9.18 Å². The van der Waals surface area contributed by atoms with Crippen LogP contribution in [0.1, 0.15) is 32.6 Å². The monoisotopic (exact) mass is 424 g/mol. The Labute approximate surface area is 180 Å². The second-order valence-electron chi connectivity index (χ2n) is 7.71. The van der Waals surface area contributed by atoms with Crippen LogP contribution in [0, 0.1) is 11.7 Å². The average Bonchev–Trinajstić information content (AvgIpc) is 3.19. The number of hydrogen-bond acceptors (Lipinski definition) is 4. The Morgan fingerprint density at radius 1 is 1.10 bits per heavy atom. The van der Waals surface area contributed by atoms with Crippen LogP contribution in [0.2, 0.25) is 0 Å². The molecule has 30 heavy (non-hydrogen) atoms. The Morgan fingerprint density at radius 2 is 1.83 bits per heavy atom. The maximum absolute atomic E-state index is 13.5. The van der Waals surface area contributed by atoms with E-state index in [0.717, 1.165) is 24.1 Å². The zero-order valence-corrected chi connectivity index (χ0v) is 17.7. The van der Waals surface area contributed by atoms with Crippen molar-refractivity contribution >= 4 is 17.7 Å². The summed E-state index contributed by atoms with van der Waals surface area (Å²) in [6.45, 7) is 2.20. The van der Waals surface area contributed by atoms with E-state index < -0.39 is 0 Å². The normalized spacial score (nSPS) is 18.9. The van der Waals surface area contributed by atoms with Gasteiger partial charge >= 0.3 is 0 Å². The first-order valence-corrected chi connectivity index (χ1v) is 11.3.